The summed E-state index contributed by atoms with van der Waals surface area (Å²) in [5.41, 5.74) is 0.531. The molecule has 0 saturated heterocycles. The van der Waals surface area contributed by atoms with Gasteiger partial charge in [-0.15, -0.1) is 0 Å². The highest BCUT2D eigenvalue weighted by atomic mass is 16.6. The van der Waals surface area contributed by atoms with Gasteiger partial charge in [0.15, 0.2) is 5.78 Å². The number of anilines is 1. The van der Waals surface area contributed by atoms with Gasteiger partial charge in [-0.25, -0.2) is 0 Å². The minimum atomic E-state index is -0.562. The Labute approximate surface area is 105 Å². The van der Waals surface area contributed by atoms with Crippen LogP contribution >= 0.6 is 0 Å². The highest BCUT2D eigenvalue weighted by molar-refractivity contribution is 5.98. The topological polar surface area (TPSA) is 83.7 Å². The molecule has 0 aliphatic heterocycles. The van der Waals surface area contributed by atoms with Crippen molar-refractivity contribution in [3.8, 4) is 0 Å². The second kappa shape index (κ2) is 6.11. The molecule has 0 aliphatic carbocycles. The van der Waals surface area contributed by atoms with Crippen molar-refractivity contribution >= 4 is 17.2 Å². The molecule has 6 heteroatoms. The first-order valence-corrected chi connectivity index (χ1v) is 5.66. The maximum atomic E-state index is 11.3. The summed E-state index contributed by atoms with van der Waals surface area (Å²) in [6.45, 7) is 4.17. The highest BCUT2D eigenvalue weighted by Crippen LogP contribution is 2.25. The number of nitro benzene ring substituents is 1. The number of benzene rings is 1. The van der Waals surface area contributed by atoms with Crippen molar-refractivity contribution in [1.82, 2.24) is 0 Å². The SMILES string of the molecule is CCN(CCO)c1ccc(C(C)=O)c([N+](=O)[O-])c1. The number of aliphatic hydroxyl groups excluding tert-OH is 1. The fraction of sp³-hybridized carbons (Fsp3) is 0.417. The van der Waals surface area contributed by atoms with Crippen molar-refractivity contribution in [3.63, 3.8) is 0 Å². The summed E-state index contributed by atoms with van der Waals surface area (Å²) in [5.74, 6) is -0.335. The molecule has 0 spiro atoms. The highest BCUT2D eigenvalue weighted by Gasteiger charge is 2.19. The van der Waals surface area contributed by atoms with Crippen LogP contribution < -0.4 is 4.90 Å². The van der Waals surface area contributed by atoms with Gasteiger partial charge >= 0.3 is 0 Å². The molecular formula is C12H16N2O4. The first kappa shape index (κ1) is 14.1. The van der Waals surface area contributed by atoms with Crippen molar-refractivity contribution in [2.75, 3.05) is 24.6 Å². The van der Waals surface area contributed by atoms with Crippen LogP contribution in [-0.4, -0.2) is 35.5 Å². The lowest BCUT2D eigenvalue weighted by atomic mass is 10.1. The van der Waals surface area contributed by atoms with Gasteiger partial charge in [-0.2, -0.15) is 0 Å². The van der Waals surface area contributed by atoms with Crippen LogP contribution in [0.15, 0.2) is 18.2 Å². The Balaban J connectivity index is 3.21. The van der Waals surface area contributed by atoms with Gasteiger partial charge in [-0.3, -0.25) is 14.9 Å². The Morgan fingerprint density at radius 2 is 2.17 bits per heavy atom. The molecule has 0 unspecified atom stereocenters. The first-order valence-electron chi connectivity index (χ1n) is 5.66. The second-order valence-corrected chi connectivity index (χ2v) is 3.82. The number of Topliss-reactive ketones (excluding diaryl/α,β-unsaturated/α-hetero) is 1. The summed E-state index contributed by atoms with van der Waals surface area (Å²) in [7, 11) is 0. The van der Waals surface area contributed by atoms with E-state index in [1.54, 1.807) is 11.0 Å². The van der Waals surface area contributed by atoms with Crippen LogP contribution in [-0.2, 0) is 0 Å². The van der Waals surface area contributed by atoms with Crippen molar-refractivity contribution < 1.29 is 14.8 Å². The summed E-state index contributed by atoms with van der Waals surface area (Å²) in [5, 5.41) is 19.9. The summed E-state index contributed by atoms with van der Waals surface area (Å²) >= 11 is 0. The van der Waals surface area contributed by atoms with Crippen LogP contribution in [0.5, 0.6) is 0 Å². The van der Waals surface area contributed by atoms with Gasteiger partial charge in [0.2, 0.25) is 0 Å². The molecule has 0 atom stereocenters. The molecule has 1 rings (SSSR count). The molecule has 98 valence electrons. The number of ketones is 1. The van der Waals surface area contributed by atoms with Crippen LogP contribution in [0.25, 0.3) is 0 Å². The number of nitro groups is 1. The number of rotatable bonds is 6. The molecule has 6 nitrogen and oxygen atoms in total. The zero-order valence-electron chi connectivity index (χ0n) is 10.4. The van der Waals surface area contributed by atoms with Gasteiger partial charge in [0.25, 0.3) is 5.69 Å². The van der Waals surface area contributed by atoms with Crippen LogP contribution in [0.4, 0.5) is 11.4 Å². The maximum absolute atomic E-state index is 11.3. The second-order valence-electron chi connectivity index (χ2n) is 3.82. The fourth-order valence-electron chi connectivity index (χ4n) is 1.76. The smallest absolute Gasteiger partial charge is 0.282 e. The van der Waals surface area contributed by atoms with E-state index >= 15 is 0 Å². The molecule has 1 N–H and O–H groups in total. The molecule has 0 saturated carbocycles. The molecule has 1 aromatic carbocycles. The van der Waals surface area contributed by atoms with Crippen molar-refractivity contribution in [3.05, 3.63) is 33.9 Å². The van der Waals surface area contributed by atoms with Crippen molar-refractivity contribution in [1.29, 1.82) is 0 Å². The van der Waals surface area contributed by atoms with Crippen molar-refractivity contribution in [2.45, 2.75) is 13.8 Å². The van der Waals surface area contributed by atoms with Crippen LogP contribution in [0.2, 0.25) is 0 Å². The lowest BCUT2D eigenvalue weighted by Crippen LogP contribution is -2.26. The zero-order chi connectivity index (χ0) is 13.7. The normalized spacial score (nSPS) is 10.2. The van der Waals surface area contributed by atoms with Gasteiger partial charge in [0.05, 0.1) is 17.1 Å². The molecule has 0 heterocycles. The predicted octanol–water partition coefficient (Wildman–Crippen LogP) is 1.62. The van der Waals surface area contributed by atoms with E-state index in [1.807, 2.05) is 6.92 Å². The Morgan fingerprint density at radius 3 is 2.61 bits per heavy atom. The Morgan fingerprint density at radius 1 is 1.50 bits per heavy atom. The number of hydrogen-bond acceptors (Lipinski definition) is 5. The van der Waals surface area contributed by atoms with Crippen LogP contribution in [0.3, 0.4) is 0 Å². The van der Waals surface area contributed by atoms with E-state index in [4.69, 9.17) is 5.11 Å². The molecule has 0 aromatic heterocycles. The summed E-state index contributed by atoms with van der Waals surface area (Å²) in [6, 6.07) is 4.48. The molecule has 1 aromatic rings. The van der Waals surface area contributed by atoms with E-state index in [0.29, 0.717) is 18.8 Å². The molecule has 0 amide bonds. The third kappa shape index (κ3) is 3.04. The summed E-state index contributed by atoms with van der Waals surface area (Å²) < 4.78 is 0. The van der Waals surface area contributed by atoms with Crippen LogP contribution in [0.1, 0.15) is 24.2 Å². The number of likely N-dealkylation sites (N-methyl/N-ethyl adjacent to an activating group) is 1. The standard InChI is InChI=1S/C12H16N2O4/c1-3-13(6-7-15)10-4-5-11(9(2)16)12(8-10)14(17)18/h4-5,8,15H,3,6-7H2,1-2H3. The molecular weight excluding hydrogens is 236 g/mol. The van der Waals surface area contributed by atoms with E-state index in [-0.39, 0.29) is 23.6 Å². The molecule has 0 fully saturated rings. The van der Waals surface area contributed by atoms with Gasteiger partial charge < -0.3 is 10.0 Å². The number of carbonyl (C=O) groups is 1. The van der Waals surface area contributed by atoms with Crippen molar-refractivity contribution in [2.24, 2.45) is 0 Å². The van der Waals surface area contributed by atoms with E-state index < -0.39 is 4.92 Å². The van der Waals surface area contributed by atoms with Gasteiger partial charge in [0, 0.05) is 24.8 Å². The minimum Gasteiger partial charge on any atom is -0.395 e. The molecule has 18 heavy (non-hydrogen) atoms. The third-order valence-corrected chi connectivity index (χ3v) is 2.67. The lowest BCUT2D eigenvalue weighted by molar-refractivity contribution is -0.385. The molecule has 0 aliphatic rings. The molecule has 0 bridgehead atoms. The van der Waals surface area contributed by atoms with E-state index in [9.17, 15) is 14.9 Å². The largest absolute Gasteiger partial charge is 0.395 e. The Kier molecular flexibility index (Phi) is 4.79. The Bertz CT molecular complexity index is 459. The predicted molar refractivity (Wildman–Crippen MR) is 68.1 cm³/mol. The van der Waals surface area contributed by atoms with E-state index in [0.717, 1.165) is 0 Å². The average Bonchev–Trinajstić information content (AvgIpc) is 2.35. The molecule has 0 radical (unpaired) electrons. The third-order valence-electron chi connectivity index (χ3n) is 2.67. The first-order chi connectivity index (χ1) is 8.51. The monoisotopic (exact) mass is 252 g/mol. The number of carbonyl (C=O) groups excluding carboxylic acids is 1. The summed E-state index contributed by atoms with van der Waals surface area (Å²) in [4.78, 5) is 23.5. The quantitative estimate of drug-likeness (QED) is 0.472. The number of nitrogens with zero attached hydrogens (tertiary/aromatic N) is 2. The van der Waals surface area contributed by atoms with Gasteiger partial charge in [-0.05, 0) is 26.0 Å². The number of aliphatic hydroxyl groups is 1. The summed E-state index contributed by atoms with van der Waals surface area (Å²) in [6.07, 6.45) is 0. The van der Waals surface area contributed by atoms with Crippen LogP contribution in [0, 0.1) is 10.1 Å². The lowest BCUT2D eigenvalue weighted by Gasteiger charge is -2.21. The maximum Gasteiger partial charge on any atom is 0.282 e. The average molecular weight is 252 g/mol. The Hall–Kier alpha value is -1.95. The van der Waals surface area contributed by atoms with Gasteiger partial charge in [-0.1, -0.05) is 0 Å². The fourth-order valence-corrected chi connectivity index (χ4v) is 1.76. The van der Waals surface area contributed by atoms with E-state index in [1.165, 1.54) is 19.1 Å². The number of hydrogen-bond donors (Lipinski definition) is 1. The van der Waals surface area contributed by atoms with Gasteiger partial charge in [0.1, 0.15) is 0 Å². The minimum absolute atomic E-state index is 0.0316. The van der Waals surface area contributed by atoms with E-state index in [2.05, 4.69) is 0 Å². The zero-order valence-corrected chi connectivity index (χ0v) is 10.4.